The highest BCUT2D eigenvalue weighted by Crippen LogP contribution is 2.32. The van der Waals surface area contributed by atoms with Gasteiger partial charge in [0.15, 0.2) is 0 Å². The number of thiophene rings is 1. The van der Waals surface area contributed by atoms with Crippen molar-refractivity contribution in [1.29, 1.82) is 0 Å². The van der Waals surface area contributed by atoms with E-state index >= 15 is 0 Å². The highest BCUT2D eigenvalue weighted by molar-refractivity contribution is 9.12. The molecule has 1 fully saturated rings. The fraction of sp³-hybridized carbons (Fsp3) is 0.455. The van der Waals surface area contributed by atoms with Crippen LogP contribution in [0.3, 0.4) is 0 Å². The van der Waals surface area contributed by atoms with Gasteiger partial charge in [0.05, 0.1) is 19.1 Å². The Labute approximate surface area is 125 Å². The zero-order valence-electron chi connectivity index (χ0n) is 9.28. The van der Waals surface area contributed by atoms with Crippen LogP contribution in [0.5, 0.6) is 0 Å². The molecule has 1 saturated carbocycles. The van der Waals surface area contributed by atoms with Gasteiger partial charge in [-0.25, -0.2) is 0 Å². The Balaban J connectivity index is 2.07. The summed E-state index contributed by atoms with van der Waals surface area (Å²) in [5.74, 6) is -1.51. The van der Waals surface area contributed by atoms with Gasteiger partial charge in [-0.3, -0.25) is 9.59 Å². The van der Waals surface area contributed by atoms with Crippen molar-refractivity contribution in [2.75, 3.05) is 0 Å². The topological polar surface area (TPSA) is 66.4 Å². The quantitative estimate of drug-likeness (QED) is 0.823. The molecule has 1 aliphatic rings. The minimum atomic E-state index is -0.830. The van der Waals surface area contributed by atoms with Crippen LogP contribution in [0.4, 0.5) is 0 Å². The second-order valence-corrected chi connectivity index (χ2v) is 7.94. The molecule has 1 aromatic heterocycles. The summed E-state index contributed by atoms with van der Waals surface area (Å²) in [5.41, 5.74) is 0.544. The number of amides is 1. The number of nitrogens with one attached hydrogen (secondary N) is 1. The number of aliphatic carboxylic acids is 1. The van der Waals surface area contributed by atoms with Gasteiger partial charge in [-0.05, 0) is 50.8 Å². The molecule has 0 saturated heterocycles. The summed E-state index contributed by atoms with van der Waals surface area (Å²) in [7, 11) is 0. The van der Waals surface area contributed by atoms with Gasteiger partial charge in [0.2, 0.25) is 0 Å². The first-order chi connectivity index (χ1) is 8.49. The van der Waals surface area contributed by atoms with Crippen molar-refractivity contribution in [3.8, 4) is 0 Å². The highest BCUT2D eigenvalue weighted by atomic mass is 79.9. The van der Waals surface area contributed by atoms with E-state index in [1.165, 1.54) is 11.3 Å². The molecule has 7 heteroatoms. The first-order valence-electron chi connectivity index (χ1n) is 5.47. The molecule has 2 N–H and O–H groups in total. The van der Waals surface area contributed by atoms with E-state index in [2.05, 4.69) is 37.2 Å². The molecule has 18 heavy (non-hydrogen) atoms. The van der Waals surface area contributed by atoms with Crippen molar-refractivity contribution in [1.82, 2.24) is 5.32 Å². The SMILES string of the molecule is O=C(N[C@H]1CCC[C@H]1C(=O)O)c1cc(Br)sc1Br. The molecule has 0 unspecified atom stereocenters. The van der Waals surface area contributed by atoms with Crippen LogP contribution in [0.25, 0.3) is 0 Å². The molecule has 1 heterocycles. The van der Waals surface area contributed by atoms with Crippen molar-refractivity contribution in [2.24, 2.45) is 5.92 Å². The molecular weight excluding hydrogens is 386 g/mol. The second-order valence-electron chi connectivity index (χ2n) is 4.19. The molecular formula is C11H11Br2NO3S. The Morgan fingerprint density at radius 3 is 2.67 bits per heavy atom. The van der Waals surface area contributed by atoms with Gasteiger partial charge in [-0.1, -0.05) is 6.42 Å². The number of carboxylic acid groups (broad SMARTS) is 1. The maximum absolute atomic E-state index is 12.1. The molecule has 1 amide bonds. The van der Waals surface area contributed by atoms with Crippen molar-refractivity contribution >= 4 is 55.1 Å². The monoisotopic (exact) mass is 395 g/mol. The lowest BCUT2D eigenvalue weighted by Crippen LogP contribution is -2.40. The number of halogens is 2. The Morgan fingerprint density at radius 1 is 1.39 bits per heavy atom. The third-order valence-electron chi connectivity index (χ3n) is 3.05. The van der Waals surface area contributed by atoms with E-state index < -0.39 is 11.9 Å². The first-order valence-corrected chi connectivity index (χ1v) is 7.88. The van der Waals surface area contributed by atoms with Crippen LogP contribution >= 0.6 is 43.2 Å². The van der Waals surface area contributed by atoms with Gasteiger partial charge < -0.3 is 10.4 Å². The van der Waals surface area contributed by atoms with Crippen LogP contribution in [0.2, 0.25) is 0 Å². The summed E-state index contributed by atoms with van der Waals surface area (Å²) in [4.78, 5) is 23.1. The third-order valence-corrected chi connectivity index (χ3v) is 5.39. The number of hydrogen-bond acceptors (Lipinski definition) is 3. The smallest absolute Gasteiger partial charge is 0.308 e. The maximum Gasteiger partial charge on any atom is 0.308 e. The molecule has 98 valence electrons. The van der Waals surface area contributed by atoms with Crippen LogP contribution in [-0.4, -0.2) is 23.0 Å². The average Bonchev–Trinajstić information content (AvgIpc) is 2.85. The Bertz CT molecular complexity index is 489. The van der Waals surface area contributed by atoms with E-state index in [1.807, 2.05) is 0 Å². The Hall–Kier alpha value is -0.400. The lowest BCUT2D eigenvalue weighted by molar-refractivity contribution is -0.142. The Kier molecular flexibility index (Phi) is 4.45. The average molecular weight is 397 g/mol. The lowest BCUT2D eigenvalue weighted by Gasteiger charge is -2.17. The van der Waals surface area contributed by atoms with Gasteiger partial charge in [-0.15, -0.1) is 11.3 Å². The number of carbonyl (C=O) groups is 2. The number of carbonyl (C=O) groups excluding carboxylic acids is 1. The van der Waals surface area contributed by atoms with Gasteiger partial charge >= 0.3 is 5.97 Å². The fourth-order valence-corrected chi connectivity index (χ4v) is 4.96. The summed E-state index contributed by atoms with van der Waals surface area (Å²) >= 11 is 8.05. The summed E-state index contributed by atoms with van der Waals surface area (Å²) in [6, 6.07) is 1.47. The fourth-order valence-electron chi connectivity index (χ4n) is 2.17. The van der Waals surface area contributed by atoms with Crippen molar-refractivity contribution < 1.29 is 14.7 Å². The summed E-state index contributed by atoms with van der Waals surface area (Å²) in [6.45, 7) is 0. The van der Waals surface area contributed by atoms with Crippen LogP contribution in [0.1, 0.15) is 29.6 Å². The maximum atomic E-state index is 12.1. The molecule has 1 aliphatic carbocycles. The van der Waals surface area contributed by atoms with E-state index in [9.17, 15) is 9.59 Å². The zero-order chi connectivity index (χ0) is 13.3. The van der Waals surface area contributed by atoms with E-state index in [1.54, 1.807) is 6.07 Å². The van der Waals surface area contributed by atoms with E-state index in [0.29, 0.717) is 12.0 Å². The van der Waals surface area contributed by atoms with Gasteiger partial charge in [-0.2, -0.15) is 0 Å². The summed E-state index contributed by atoms with van der Waals surface area (Å²) in [6.07, 6.45) is 2.21. The molecule has 0 aromatic carbocycles. The molecule has 2 atom stereocenters. The van der Waals surface area contributed by atoms with Crippen LogP contribution in [-0.2, 0) is 4.79 Å². The number of hydrogen-bond donors (Lipinski definition) is 2. The minimum Gasteiger partial charge on any atom is -0.481 e. The van der Waals surface area contributed by atoms with E-state index in [4.69, 9.17) is 5.11 Å². The van der Waals surface area contributed by atoms with Gasteiger partial charge in [0, 0.05) is 6.04 Å². The summed E-state index contributed by atoms with van der Waals surface area (Å²) in [5, 5.41) is 11.9. The second kappa shape index (κ2) is 5.71. The van der Waals surface area contributed by atoms with Crippen molar-refractivity contribution in [3.63, 3.8) is 0 Å². The van der Waals surface area contributed by atoms with E-state index in [-0.39, 0.29) is 11.9 Å². The van der Waals surface area contributed by atoms with Crippen molar-refractivity contribution in [2.45, 2.75) is 25.3 Å². The van der Waals surface area contributed by atoms with E-state index in [0.717, 1.165) is 20.4 Å². The van der Waals surface area contributed by atoms with Gasteiger partial charge in [0.25, 0.3) is 5.91 Å². The molecule has 4 nitrogen and oxygen atoms in total. The summed E-state index contributed by atoms with van der Waals surface area (Å²) < 4.78 is 1.61. The largest absolute Gasteiger partial charge is 0.481 e. The molecule has 2 rings (SSSR count). The number of rotatable bonds is 3. The Morgan fingerprint density at radius 2 is 2.11 bits per heavy atom. The van der Waals surface area contributed by atoms with Crippen molar-refractivity contribution in [3.05, 3.63) is 19.2 Å². The lowest BCUT2D eigenvalue weighted by atomic mass is 10.0. The first kappa shape index (κ1) is 14.0. The standard InChI is InChI=1S/C11H11Br2NO3S/c12-8-4-6(9(13)18-8)10(15)14-7-3-1-2-5(7)11(16)17/h4-5,7H,1-3H2,(H,14,15)(H,16,17)/t5-,7+/m1/s1. The highest BCUT2D eigenvalue weighted by Gasteiger charge is 2.34. The molecule has 0 bridgehead atoms. The molecule has 0 radical (unpaired) electrons. The third kappa shape index (κ3) is 2.95. The molecule has 1 aromatic rings. The van der Waals surface area contributed by atoms with Crippen LogP contribution < -0.4 is 5.32 Å². The minimum absolute atomic E-state index is 0.220. The van der Waals surface area contributed by atoms with Crippen LogP contribution in [0, 0.1) is 5.92 Å². The molecule has 0 aliphatic heterocycles. The predicted octanol–water partition coefficient (Wildman–Crippen LogP) is 3.26. The normalized spacial score (nSPS) is 23.0. The van der Waals surface area contributed by atoms with Crippen LogP contribution in [0.15, 0.2) is 13.6 Å². The zero-order valence-corrected chi connectivity index (χ0v) is 13.3. The molecule has 0 spiro atoms. The van der Waals surface area contributed by atoms with Gasteiger partial charge in [0.1, 0.15) is 0 Å². The predicted molar refractivity (Wildman–Crippen MR) is 76.0 cm³/mol. The number of carboxylic acids is 1.